The average Bonchev–Trinajstić information content (AvgIpc) is 3.12. The van der Waals surface area contributed by atoms with Gasteiger partial charge in [0, 0.05) is 19.4 Å². The molecule has 6 nitrogen and oxygen atoms in total. The lowest BCUT2D eigenvalue weighted by molar-refractivity contribution is -0.149. The minimum absolute atomic E-state index is 0.190. The molecule has 0 saturated carbocycles. The third-order valence-corrected chi connectivity index (χ3v) is 4.26. The second-order valence-electron chi connectivity index (χ2n) is 6.11. The van der Waals surface area contributed by atoms with Crippen LogP contribution in [0, 0.1) is 0 Å². The second kappa shape index (κ2) is 8.01. The summed E-state index contributed by atoms with van der Waals surface area (Å²) < 4.78 is 5.28. The molecule has 2 atom stereocenters. The first-order valence-corrected chi connectivity index (χ1v) is 8.52. The largest absolute Gasteiger partial charge is 0.508 e. The van der Waals surface area contributed by atoms with Gasteiger partial charge < -0.3 is 19.8 Å². The smallest absolute Gasteiger partial charge is 0.333 e. The van der Waals surface area contributed by atoms with E-state index in [0.29, 0.717) is 19.4 Å². The van der Waals surface area contributed by atoms with Gasteiger partial charge in [0.15, 0.2) is 12.2 Å². The van der Waals surface area contributed by atoms with Crippen LogP contribution < -0.4 is 0 Å². The van der Waals surface area contributed by atoms with Crippen LogP contribution in [-0.2, 0) is 20.8 Å². The third kappa shape index (κ3) is 4.21. The van der Waals surface area contributed by atoms with Crippen molar-refractivity contribution in [2.24, 2.45) is 5.16 Å². The number of phenolic OH excluding ortho intramolecular Hbond substituents is 1. The first-order chi connectivity index (χ1) is 12.6. The number of aromatic hydroxyl groups is 1. The van der Waals surface area contributed by atoms with Crippen LogP contribution in [0.1, 0.15) is 36.1 Å². The number of hydrogen-bond acceptors (Lipinski definition) is 5. The molecule has 0 radical (unpaired) electrons. The Morgan fingerprint density at radius 3 is 2.77 bits per heavy atom. The number of phenols is 1. The van der Waals surface area contributed by atoms with E-state index in [9.17, 15) is 15.0 Å². The number of ether oxygens (including phenoxy) is 1. The SMILES string of the molecule is CCO[C@H](Cc1cccc(C2=NOC(c3ccc(O)cc3)C2)c1)C(=O)O. The molecule has 1 aliphatic rings. The van der Waals surface area contributed by atoms with Gasteiger partial charge in [0.2, 0.25) is 0 Å². The van der Waals surface area contributed by atoms with E-state index in [1.807, 2.05) is 36.4 Å². The van der Waals surface area contributed by atoms with Gasteiger partial charge in [0.25, 0.3) is 0 Å². The molecule has 0 bridgehead atoms. The zero-order chi connectivity index (χ0) is 18.5. The van der Waals surface area contributed by atoms with E-state index in [2.05, 4.69) is 5.16 Å². The van der Waals surface area contributed by atoms with Crippen LogP contribution in [0.15, 0.2) is 53.7 Å². The molecule has 2 N–H and O–H groups in total. The highest BCUT2D eigenvalue weighted by Gasteiger charge is 2.24. The number of hydrogen-bond donors (Lipinski definition) is 2. The molecule has 136 valence electrons. The van der Waals surface area contributed by atoms with Crippen molar-refractivity contribution < 1.29 is 24.6 Å². The van der Waals surface area contributed by atoms with Crippen LogP contribution in [0.25, 0.3) is 0 Å². The van der Waals surface area contributed by atoms with Gasteiger partial charge in [0.05, 0.1) is 5.71 Å². The normalized spacial score (nSPS) is 17.4. The van der Waals surface area contributed by atoms with Crippen LogP contribution in [0.4, 0.5) is 0 Å². The highest BCUT2D eigenvalue weighted by Crippen LogP contribution is 2.30. The summed E-state index contributed by atoms with van der Waals surface area (Å²) >= 11 is 0. The molecule has 0 aliphatic carbocycles. The van der Waals surface area contributed by atoms with E-state index in [1.54, 1.807) is 19.1 Å². The van der Waals surface area contributed by atoms with Crippen molar-refractivity contribution >= 4 is 11.7 Å². The maximum absolute atomic E-state index is 11.3. The average molecular weight is 355 g/mol. The Hall–Kier alpha value is -2.86. The Labute approximate surface area is 151 Å². The van der Waals surface area contributed by atoms with Gasteiger partial charge in [-0.15, -0.1) is 0 Å². The lowest BCUT2D eigenvalue weighted by Gasteiger charge is -2.13. The Morgan fingerprint density at radius 1 is 1.31 bits per heavy atom. The highest BCUT2D eigenvalue weighted by molar-refractivity contribution is 6.01. The number of nitrogens with zero attached hydrogens (tertiary/aromatic N) is 1. The van der Waals surface area contributed by atoms with E-state index in [0.717, 1.165) is 22.4 Å². The highest BCUT2D eigenvalue weighted by atomic mass is 16.6. The molecule has 0 saturated heterocycles. The van der Waals surface area contributed by atoms with Crippen LogP contribution >= 0.6 is 0 Å². The fraction of sp³-hybridized carbons (Fsp3) is 0.300. The molecule has 3 rings (SSSR count). The Bertz CT molecular complexity index is 800. The van der Waals surface area contributed by atoms with Crippen molar-refractivity contribution in [1.29, 1.82) is 0 Å². The molecular weight excluding hydrogens is 334 g/mol. The molecule has 0 fully saturated rings. The Balaban J connectivity index is 1.70. The molecule has 6 heteroatoms. The lowest BCUT2D eigenvalue weighted by Crippen LogP contribution is -2.26. The quantitative estimate of drug-likeness (QED) is 0.796. The van der Waals surface area contributed by atoms with Crippen molar-refractivity contribution in [3.63, 3.8) is 0 Å². The van der Waals surface area contributed by atoms with Crippen molar-refractivity contribution in [2.45, 2.75) is 32.0 Å². The lowest BCUT2D eigenvalue weighted by atomic mass is 9.97. The zero-order valence-electron chi connectivity index (χ0n) is 14.5. The van der Waals surface area contributed by atoms with Gasteiger partial charge in [-0.05, 0) is 41.8 Å². The summed E-state index contributed by atoms with van der Waals surface area (Å²) in [5.41, 5.74) is 3.54. The third-order valence-electron chi connectivity index (χ3n) is 4.26. The van der Waals surface area contributed by atoms with E-state index in [4.69, 9.17) is 9.57 Å². The molecule has 0 aromatic heterocycles. The number of oxime groups is 1. The van der Waals surface area contributed by atoms with E-state index < -0.39 is 12.1 Å². The first kappa shape index (κ1) is 17.9. The molecule has 1 unspecified atom stereocenters. The summed E-state index contributed by atoms with van der Waals surface area (Å²) in [7, 11) is 0. The molecule has 1 heterocycles. The topological polar surface area (TPSA) is 88.4 Å². The Kier molecular flexibility index (Phi) is 5.53. The van der Waals surface area contributed by atoms with E-state index in [-0.39, 0.29) is 11.9 Å². The standard InChI is InChI=1S/C20H21NO5/c1-2-25-19(20(23)24)11-13-4-3-5-15(10-13)17-12-18(26-21-17)14-6-8-16(22)9-7-14/h3-10,18-19,22H,2,11-12H2,1H3,(H,23,24)/t18?,19-/m1/s1. The van der Waals surface area contributed by atoms with Gasteiger partial charge in [-0.1, -0.05) is 35.5 Å². The summed E-state index contributed by atoms with van der Waals surface area (Å²) in [6, 6.07) is 14.5. The number of benzene rings is 2. The van der Waals surface area contributed by atoms with Gasteiger partial charge in [-0.25, -0.2) is 4.79 Å². The van der Waals surface area contributed by atoms with Crippen molar-refractivity contribution in [3.8, 4) is 5.75 Å². The van der Waals surface area contributed by atoms with Crippen LogP contribution in [0.2, 0.25) is 0 Å². The molecule has 2 aromatic rings. The molecule has 0 spiro atoms. The first-order valence-electron chi connectivity index (χ1n) is 8.52. The van der Waals surface area contributed by atoms with Gasteiger partial charge in [-0.2, -0.15) is 0 Å². The zero-order valence-corrected chi connectivity index (χ0v) is 14.5. The number of aliphatic carboxylic acids is 1. The molecular formula is C20H21NO5. The van der Waals surface area contributed by atoms with Crippen LogP contribution in [0.3, 0.4) is 0 Å². The van der Waals surface area contributed by atoms with Crippen molar-refractivity contribution in [1.82, 2.24) is 0 Å². The maximum Gasteiger partial charge on any atom is 0.333 e. The molecule has 2 aromatic carbocycles. The van der Waals surface area contributed by atoms with Gasteiger partial charge >= 0.3 is 5.97 Å². The summed E-state index contributed by atoms with van der Waals surface area (Å²) in [5, 5.41) is 22.8. The molecule has 0 amide bonds. The number of carboxylic acids is 1. The minimum atomic E-state index is -0.966. The minimum Gasteiger partial charge on any atom is -0.508 e. The summed E-state index contributed by atoms with van der Waals surface area (Å²) in [6.07, 6.45) is -0.139. The molecule has 1 aliphatic heterocycles. The van der Waals surface area contributed by atoms with Crippen LogP contribution in [0.5, 0.6) is 5.75 Å². The van der Waals surface area contributed by atoms with E-state index in [1.165, 1.54) is 0 Å². The van der Waals surface area contributed by atoms with Gasteiger partial charge in [0.1, 0.15) is 5.75 Å². The number of rotatable bonds is 7. The van der Waals surface area contributed by atoms with E-state index >= 15 is 0 Å². The Morgan fingerprint density at radius 2 is 2.08 bits per heavy atom. The summed E-state index contributed by atoms with van der Waals surface area (Å²) in [5.74, 6) is -0.755. The van der Waals surface area contributed by atoms with Crippen molar-refractivity contribution in [3.05, 3.63) is 65.2 Å². The van der Waals surface area contributed by atoms with Gasteiger partial charge in [-0.3, -0.25) is 0 Å². The molecule has 26 heavy (non-hydrogen) atoms. The van der Waals surface area contributed by atoms with Crippen molar-refractivity contribution in [2.75, 3.05) is 6.61 Å². The number of carbonyl (C=O) groups is 1. The number of carboxylic acid groups (broad SMARTS) is 1. The second-order valence-corrected chi connectivity index (χ2v) is 6.11. The monoisotopic (exact) mass is 355 g/mol. The summed E-state index contributed by atoms with van der Waals surface area (Å²) in [4.78, 5) is 16.8. The summed E-state index contributed by atoms with van der Waals surface area (Å²) in [6.45, 7) is 2.13. The predicted molar refractivity (Wildman–Crippen MR) is 96.3 cm³/mol. The fourth-order valence-corrected chi connectivity index (χ4v) is 2.93. The predicted octanol–water partition coefficient (Wildman–Crippen LogP) is 3.29. The maximum atomic E-state index is 11.3. The van der Waals surface area contributed by atoms with Crippen LogP contribution in [-0.4, -0.2) is 34.6 Å². The fourth-order valence-electron chi connectivity index (χ4n) is 2.93.